The van der Waals surface area contributed by atoms with Crippen molar-refractivity contribution >= 4 is 29.1 Å². The second-order valence-corrected chi connectivity index (χ2v) is 5.83. The number of hydrogen-bond donors (Lipinski definition) is 2. The molecule has 0 fully saturated rings. The fourth-order valence-corrected chi connectivity index (χ4v) is 2.46. The molecule has 0 bridgehead atoms. The van der Waals surface area contributed by atoms with Gasteiger partial charge in [-0.3, -0.25) is 0 Å². The number of hydrogen-bond acceptors (Lipinski definition) is 4. The van der Waals surface area contributed by atoms with Gasteiger partial charge in [-0.05, 0) is 48.5 Å². The lowest BCUT2D eigenvalue weighted by atomic mass is 10.3. The van der Waals surface area contributed by atoms with Crippen LogP contribution in [0, 0.1) is 0 Å². The summed E-state index contributed by atoms with van der Waals surface area (Å²) in [6.07, 6.45) is -0.534. The Hall–Kier alpha value is -1.36. The van der Waals surface area contributed by atoms with Crippen LogP contribution in [0.2, 0.25) is 5.02 Å². The maximum Gasteiger partial charge on any atom is 0.119 e. The van der Waals surface area contributed by atoms with Crippen molar-refractivity contribution in [3.05, 3.63) is 53.6 Å². The monoisotopic (exact) mass is 309 g/mol. The van der Waals surface area contributed by atoms with E-state index in [2.05, 4.69) is 0 Å². The zero-order chi connectivity index (χ0) is 14.4. The van der Waals surface area contributed by atoms with Crippen LogP contribution in [-0.2, 0) is 0 Å². The number of nitrogen functional groups attached to an aromatic ring is 1. The van der Waals surface area contributed by atoms with E-state index < -0.39 is 6.10 Å². The van der Waals surface area contributed by atoms with Gasteiger partial charge in [0, 0.05) is 21.4 Å². The Kier molecular flexibility index (Phi) is 5.59. The highest BCUT2D eigenvalue weighted by molar-refractivity contribution is 7.99. The van der Waals surface area contributed by atoms with Crippen LogP contribution in [0.25, 0.3) is 0 Å². The molecule has 20 heavy (non-hydrogen) atoms. The van der Waals surface area contributed by atoms with E-state index in [1.54, 1.807) is 36.0 Å². The minimum atomic E-state index is -0.534. The molecule has 3 N–H and O–H groups in total. The van der Waals surface area contributed by atoms with Crippen molar-refractivity contribution in [2.24, 2.45) is 0 Å². The third-order valence-electron chi connectivity index (χ3n) is 2.58. The van der Waals surface area contributed by atoms with Crippen molar-refractivity contribution in [3.8, 4) is 5.75 Å². The van der Waals surface area contributed by atoms with Gasteiger partial charge in [-0.2, -0.15) is 0 Å². The Morgan fingerprint density at radius 1 is 1.10 bits per heavy atom. The van der Waals surface area contributed by atoms with Gasteiger partial charge in [-0.1, -0.05) is 11.6 Å². The molecule has 0 amide bonds. The summed E-state index contributed by atoms with van der Waals surface area (Å²) in [4.78, 5) is 1.07. The molecule has 0 aromatic heterocycles. The summed E-state index contributed by atoms with van der Waals surface area (Å²) >= 11 is 7.38. The van der Waals surface area contributed by atoms with E-state index in [0.29, 0.717) is 22.2 Å². The molecular formula is C15H16ClNO2S. The number of thioether (sulfide) groups is 1. The summed E-state index contributed by atoms with van der Waals surface area (Å²) in [5.74, 6) is 1.27. The molecule has 0 saturated heterocycles. The van der Waals surface area contributed by atoms with Gasteiger partial charge in [0.05, 0.1) is 6.10 Å². The topological polar surface area (TPSA) is 55.5 Å². The van der Waals surface area contributed by atoms with E-state index >= 15 is 0 Å². The van der Waals surface area contributed by atoms with Crippen molar-refractivity contribution in [3.63, 3.8) is 0 Å². The van der Waals surface area contributed by atoms with Crippen molar-refractivity contribution in [2.75, 3.05) is 18.1 Å². The largest absolute Gasteiger partial charge is 0.491 e. The Labute approximate surface area is 127 Å². The number of rotatable bonds is 6. The summed E-state index contributed by atoms with van der Waals surface area (Å²) in [6.45, 7) is 0.254. The first-order chi connectivity index (χ1) is 9.63. The number of anilines is 1. The van der Waals surface area contributed by atoms with Crippen LogP contribution in [0.5, 0.6) is 5.75 Å². The van der Waals surface area contributed by atoms with Crippen molar-refractivity contribution in [1.82, 2.24) is 0 Å². The highest BCUT2D eigenvalue weighted by Gasteiger charge is 2.06. The third-order valence-corrected chi connectivity index (χ3v) is 3.99. The van der Waals surface area contributed by atoms with E-state index in [9.17, 15) is 5.11 Å². The summed E-state index contributed by atoms with van der Waals surface area (Å²) in [6, 6.07) is 14.6. The predicted octanol–water partition coefficient (Wildman–Crippen LogP) is 3.45. The number of ether oxygens (including phenoxy) is 1. The van der Waals surface area contributed by atoms with Gasteiger partial charge in [0.25, 0.3) is 0 Å². The van der Waals surface area contributed by atoms with Gasteiger partial charge in [-0.15, -0.1) is 11.8 Å². The van der Waals surface area contributed by atoms with Gasteiger partial charge in [0.1, 0.15) is 12.4 Å². The highest BCUT2D eigenvalue weighted by atomic mass is 35.5. The van der Waals surface area contributed by atoms with Crippen molar-refractivity contribution in [2.45, 2.75) is 11.0 Å². The molecule has 0 aliphatic rings. The second kappa shape index (κ2) is 7.43. The first-order valence-corrected chi connectivity index (χ1v) is 7.54. The molecule has 0 spiro atoms. The molecule has 0 saturated carbocycles. The van der Waals surface area contributed by atoms with Gasteiger partial charge in [0.15, 0.2) is 0 Å². The molecule has 3 nitrogen and oxygen atoms in total. The minimum absolute atomic E-state index is 0.254. The maximum atomic E-state index is 9.88. The number of nitrogens with two attached hydrogens (primary N) is 1. The normalized spacial score (nSPS) is 12.1. The molecule has 1 unspecified atom stereocenters. The summed E-state index contributed by atoms with van der Waals surface area (Å²) in [7, 11) is 0. The van der Waals surface area contributed by atoms with Crippen LogP contribution in [-0.4, -0.2) is 23.6 Å². The number of benzene rings is 2. The first kappa shape index (κ1) is 15.0. The van der Waals surface area contributed by atoms with E-state index in [0.717, 1.165) is 4.90 Å². The molecule has 2 rings (SSSR count). The van der Waals surface area contributed by atoms with E-state index in [1.165, 1.54) is 0 Å². The summed E-state index contributed by atoms with van der Waals surface area (Å²) < 4.78 is 5.49. The Balaban J connectivity index is 1.73. The quantitative estimate of drug-likeness (QED) is 0.634. The van der Waals surface area contributed by atoms with E-state index in [1.807, 2.05) is 24.3 Å². The zero-order valence-electron chi connectivity index (χ0n) is 10.8. The molecule has 1 atom stereocenters. The summed E-state index contributed by atoms with van der Waals surface area (Å²) in [5, 5.41) is 10.6. The van der Waals surface area contributed by atoms with Crippen molar-refractivity contribution < 1.29 is 9.84 Å². The second-order valence-electron chi connectivity index (χ2n) is 4.30. The molecule has 0 aliphatic heterocycles. The molecule has 106 valence electrons. The standard InChI is InChI=1S/C15H16ClNO2S/c16-11-1-7-15(8-2-11)20-10-13(18)9-19-14-5-3-12(17)4-6-14/h1-8,13,18H,9-10,17H2. The van der Waals surface area contributed by atoms with Crippen molar-refractivity contribution in [1.29, 1.82) is 0 Å². The molecule has 0 aliphatic carbocycles. The molecule has 5 heteroatoms. The predicted molar refractivity (Wildman–Crippen MR) is 84.5 cm³/mol. The SMILES string of the molecule is Nc1ccc(OCC(O)CSc2ccc(Cl)cc2)cc1. The fraction of sp³-hybridized carbons (Fsp3) is 0.200. The first-order valence-electron chi connectivity index (χ1n) is 6.18. The van der Waals surface area contributed by atoms with Gasteiger partial charge < -0.3 is 15.6 Å². The lowest BCUT2D eigenvalue weighted by Crippen LogP contribution is -2.20. The van der Waals surface area contributed by atoms with E-state index in [-0.39, 0.29) is 6.61 Å². The number of halogens is 1. The number of aliphatic hydroxyl groups is 1. The zero-order valence-corrected chi connectivity index (χ0v) is 12.4. The van der Waals surface area contributed by atoms with Gasteiger partial charge in [0.2, 0.25) is 0 Å². The minimum Gasteiger partial charge on any atom is -0.491 e. The van der Waals surface area contributed by atoms with Crippen LogP contribution < -0.4 is 10.5 Å². The van der Waals surface area contributed by atoms with Gasteiger partial charge >= 0.3 is 0 Å². The summed E-state index contributed by atoms with van der Waals surface area (Å²) in [5.41, 5.74) is 6.28. The Morgan fingerprint density at radius 3 is 2.40 bits per heavy atom. The van der Waals surface area contributed by atoms with Crippen LogP contribution >= 0.6 is 23.4 Å². The molecule has 0 heterocycles. The average molecular weight is 310 g/mol. The molecular weight excluding hydrogens is 294 g/mol. The molecule has 2 aromatic carbocycles. The lowest BCUT2D eigenvalue weighted by Gasteiger charge is -2.12. The number of aliphatic hydroxyl groups excluding tert-OH is 1. The van der Waals surface area contributed by atoms with E-state index in [4.69, 9.17) is 22.1 Å². The van der Waals surface area contributed by atoms with Crippen LogP contribution in [0.3, 0.4) is 0 Å². The Morgan fingerprint density at radius 2 is 1.75 bits per heavy atom. The van der Waals surface area contributed by atoms with Crippen LogP contribution in [0.4, 0.5) is 5.69 Å². The fourth-order valence-electron chi connectivity index (χ4n) is 1.53. The smallest absolute Gasteiger partial charge is 0.119 e. The van der Waals surface area contributed by atoms with Gasteiger partial charge in [-0.25, -0.2) is 0 Å². The average Bonchev–Trinajstić information content (AvgIpc) is 2.46. The van der Waals surface area contributed by atoms with Crippen LogP contribution in [0.1, 0.15) is 0 Å². The van der Waals surface area contributed by atoms with Crippen LogP contribution in [0.15, 0.2) is 53.4 Å². The maximum absolute atomic E-state index is 9.88. The Bertz CT molecular complexity index is 481. The molecule has 0 radical (unpaired) electrons. The highest BCUT2D eigenvalue weighted by Crippen LogP contribution is 2.21. The third kappa shape index (κ3) is 4.96. The lowest BCUT2D eigenvalue weighted by molar-refractivity contribution is 0.126. The molecule has 2 aromatic rings.